The summed E-state index contributed by atoms with van der Waals surface area (Å²) >= 11 is 3.51. The van der Waals surface area contributed by atoms with E-state index in [1.807, 2.05) is 54.6 Å². The third kappa shape index (κ3) is 8.98. The van der Waals surface area contributed by atoms with Gasteiger partial charge in [0.05, 0.1) is 26.2 Å². The maximum absolute atomic E-state index is 14.4. The highest BCUT2D eigenvalue weighted by Crippen LogP contribution is 2.34. The monoisotopic (exact) mass is 685 g/mol. The average molecular weight is 687 g/mol. The Morgan fingerprint density at radius 2 is 1.64 bits per heavy atom. The fraction of sp³-hybridized carbons (Fsp3) is 0.394. The number of nitrogens with one attached hydrogen (secondary N) is 1. The fourth-order valence-corrected chi connectivity index (χ4v) is 6.81. The summed E-state index contributed by atoms with van der Waals surface area (Å²) in [5, 5.41) is 3.21. The van der Waals surface area contributed by atoms with E-state index in [1.54, 1.807) is 12.1 Å². The summed E-state index contributed by atoms with van der Waals surface area (Å²) < 4.78 is 39.0. The molecule has 0 saturated heterocycles. The number of carbonyl (C=O) groups is 2. The second kappa shape index (κ2) is 15.4. The average Bonchev–Trinajstić information content (AvgIpc) is 3.01. The van der Waals surface area contributed by atoms with Crippen LogP contribution in [0.4, 0.5) is 5.69 Å². The lowest BCUT2D eigenvalue weighted by Crippen LogP contribution is -2.55. The van der Waals surface area contributed by atoms with E-state index in [4.69, 9.17) is 9.47 Å². The topological polar surface area (TPSA) is 105 Å². The fourth-order valence-electron chi connectivity index (χ4n) is 5.52. The molecule has 2 amide bonds. The van der Waals surface area contributed by atoms with Crippen molar-refractivity contribution in [3.8, 4) is 11.5 Å². The van der Waals surface area contributed by atoms with Crippen molar-refractivity contribution in [3.63, 3.8) is 0 Å². The highest BCUT2D eigenvalue weighted by Gasteiger charge is 2.35. The van der Waals surface area contributed by atoms with Crippen LogP contribution in [-0.4, -0.2) is 64.2 Å². The lowest BCUT2D eigenvalue weighted by molar-refractivity contribution is -0.140. The first-order valence-corrected chi connectivity index (χ1v) is 17.3. The number of carbonyl (C=O) groups excluding carboxylic acids is 2. The van der Waals surface area contributed by atoms with Crippen LogP contribution in [0.15, 0.2) is 77.3 Å². The van der Waals surface area contributed by atoms with Gasteiger partial charge in [-0.05, 0) is 48.2 Å². The van der Waals surface area contributed by atoms with Gasteiger partial charge in [-0.2, -0.15) is 0 Å². The summed E-state index contributed by atoms with van der Waals surface area (Å²) in [6.45, 7) is -0.445. The zero-order valence-corrected chi connectivity index (χ0v) is 27.8. The first-order valence-electron chi connectivity index (χ1n) is 14.7. The van der Waals surface area contributed by atoms with E-state index in [1.165, 1.54) is 25.2 Å². The molecule has 11 heteroatoms. The van der Waals surface area contributed by atoms with E-state index in [0.29, 0.717) is 5.75 Å². The van der Waals surface area contributed by atoms with Crippen molar-refractivity contribution in [2.24, 2.45) is 0 Å². The van der Waals surface area contributed by atoms with Crippen LogP contribution >= 0.6 is 15.9 Å². The number of hydrogen-bond donors (Lipinski definition) is 1. The molecule has 0 radical (unpaired) electrons. The Labute approximate surface area is 268 Å². The highest BCUT2D eigenvalue weighted by molar-refractivity contribution is 9.10. The van der Waals surface area contributed by atoms with Crippen LogP contribution in [-0.2, 0) is 32.6 Å². The van der Waals surface area contributed by atoms with Crippen LogP contribution in [0.1, 0.15) is 43.2 Å². The number of sulfonamides is 1. The number of rotatable bonds is 13. The number of halogens is 1. The maximum atomic E-state index is 14.4. The Bertz CT molecular complexity index is 1530. The summed E-state index contributed by atoms with van der Waals surface area (Å²) in [5.41, 5.74) is 1.84. The van der Waals surface area contributed by atoms with Gasteiger partial charge in [-0.3, -0.25) is 13.9 Å². The third-order valence-corrected chi connectivity index (χ3v) is 9.42. The summed E-state index contributed by atoms with van der Waals surface area (Å²) in [6, 6.07) is 20.9. The van der Waals surface area contributed by atoms with Gasteiger partial charge in [-0.25, -0.2) is 8.42 Å². The van der Waals surface area contributed by atoms with Crippen LogP contribution < -0.4 is 19.1 Å². The highest BCUT2D eigenvalue weighted by atomic mass is 79.9. The minimum Gasteiger partial charge on any atom is -0.497 e. The Morgan fingerprint density at radius 1 is 0.932 bits per heavy atom. The molecule has 3 aromatic carbocycles. The van der Waals surface area contributed by atoms with E-state index in [2.05, 4.69) is 21.2 Å². The Balaban J connectivity index is 1.76. The normalized spacial score (nSPS) is 14.4. The molecule has 1 aliphatic rings. The third-order valence-electron chi connectivity index (χ3n) is 7.80. The molecular weight excluding hydrogens is 646 g/mol. The van der Waals surface area contributed by atoms with Crippen molar-refractivity contribution in [2.75, 3.05) is 31.3 Å². The predicted octanol–water partition coefficient (Wildman–Crippen LogP) is 5.32. The summed E-state index contributed by atoms with van der Waals surface area (Å²) in [6.07, 6.45) is 6.31. The van der Waals surface area contributed by atoms with Gasteiger partial charge in [0, 0.05) is 29.5 Å². The first-order chi connectivity index (χ1) is 21.1. The number of benzene rings is 3. The maximum Gasteiger partial charge on any atom is 0.244 e. The van der Waals surface area contributed by atoms with Gasteiger partial charge >= 0.3 is 0 Å². The number of amides is 2. The molecule has 1 saturated carbocycles. The SMILES string of the molecule is COc1ccc(OC)c(N(CC(=O)N(Cc2cccc(Br)c2)[C@@H](Cc2ccccc2)C(=O)NC2CCCCC2)S(C)(=O)=O)c1. The van der Waals surface area contributed by atoms with Crippen molar-refractivity contribution < 1.29 is 27.5 Å². The van der Waals surface area contributed by atoms with E-state index >= 15 is 0 Å². The van der Waals surface area contributed by atoms with Crippen LogP contribution in [0, 0.1) is 0 Å². The van der Waals surface area contributed by atoms with Crippen molar-refractivity contribution in [1.82, 2.24) is 10.2 Å². The zero-order chi connectivity index (χ0) is 31.7. The molecular formula is C33H40BrN3O6S. The Hall–Kier alpha value is -3.57. The summed E-state index contributed by atoms with van der Waals surface area (Å²) in [4.78, 5) is 30.0. The van der Waals surface area contributed by atoms with Gasteiger partial charge in [0.1, 0.15) is 24.1 Å². The second-order valence-electron chi connectivity index (χ2n) is 11.0. The molecule has 1 atom stereocenters. The van der Waals surface area contributed by atoms with Crippen molar-refractivity contribution >= 4 is 43.5 Å². The van der Waals surface area contributed by atoms with Gasteiger partial charge in [0.2, 0.25) is 21.8 Å². The molecule has 3 aromatic rings. The molecule has 1 N–H and O–H groups in total. The molecule has 1 aliphatic carbocycles. The van der Waals surface area contributed by atoms with E-state index in [9.17, 15) is 18.0 Å². The lowest BCUT2D eigenvalue weighted by atomic mass is 9.94. The molecule has 0 unspecified atom stereocenters. The largest absolute Gasteiger partial charge is 0.497 e. The van der Waals surface area contributed by atoms with Gasteiger partial charge in [0.15, 0.2) is 0 Å². The molecule has 0 aliphatic heterocycles. The Morgan fingerprint density at radius 3 is 2.27 bits per heavy atom. The number of anilines is 1. The van der Waals surface area contributed by atoms with Gasteiger partial charge in [0.25, 0.3) is 0 Å². The van der Waals surface area contributed by atoms with Crippen molar-refractivity contribution in [3.05, 3.63) is 88.4 Å². The molecule has 9 nitrogen and oxygen atoms in total. The van der Waals surface area contributed by atoms with Gasteiger partial charge in [-0.15, -0.1) is 0 Å². The minimum atomic E-state index is -3.97. The minimum absolute atomic E-state index is 0.0332. The summed E-state index contributed by atoms with van der Waals surface area (Å²) in [7, 11) is -1.07. The molecule has 4 rings (SSSR count). The van der Waals surface area contributed by atoms with Gasteiger partial charge < -0.3 is 19.7 Å². The van der Waals surface area contributed by atoms with Crippen molar-refractivity contribution in [1.29, 1.82) is 0 Å². The predicted molar refractivity (Wildman–Crippen MR) is 175 cm³/mol. The van der Waals surface area contributed by atoms with E-state index in [0.717, 1.165) is 58.3 Å². The van der Waals surface area contributed by atoms with Crippen LogP contribution in [0.25, 0.3) is 0 Å². The number of ether oxygens (including phenoxy) is 2. The second-order valence-corrected chi connectivity index (χ2v) is 13.8. The number of methoxy groups -OCH3 is 2. The lowest BCUT2D eigenvalue weighted by Gasteiger charge is -2.35. The molecule has 0 spiro atoms. The van der Waals surface area contributed by atoms with Crippen molar-refractivity contribution in [2.45, 2.75) is 57.2 Å². The number of nitrogens with zero attached hydrogens (tertiary/aromatic N) is 2. The first kappa shape index (κ1) is 33.3. The standard InChI is InChI=1S/C33H40BrN3O6S/c1-42-28-17-18-31(43-2)29(21-28)37(44(3,40)41)23-32(38)36(22-25-13-10-14-26(34)19-25)30(20-24-11-6-4-7-12-24)33(39)35-27-15-8-5-9-16-27/h4,6-7,10-14,17-19,21,27,30H,5,8-9,15-16,20,22-23H2,1-3H3,(H,35,39)/t30-/m0/s1. The zero-order valence-electron chi connectivity index (χ0n) is 25.4. The van der Waals surface area contributed by atoms with Gasteiger partial charge in [-0.1, -0.05) is 77.7 Å². The molecule has 44 heavy (non-hydrogen) atoms. The molecule has 236 valence electrons. The smallest absolute Gasteiger partial charge is 0.244 e. The van der Waals surface area contributed by atoms with Crippen LogP contribution in [0.3, 0.4) is 0 Å². The molecule has 0 bridgehead atoms. The van der Waals surface area contributed by atoms with E-state index in [-0.39, 0.29) is 36.4 Å². The Kier molecular flexibility index (Phi) is 11.7. The summed E-state index contributed by atoms with van der Waals surface area (Å²) in [5.74, 6) is -0.117. The molecule has 1 fully saturated rings. The quantitative estimate of drug-likeness (QED) is 0.261. The molecule has 0 heterocycles. The number of hydrogen-bond acceptors (Lipinski definition) is 6. The van der Waals surface area contributed by atoms with Crippen LogP contribution in [0.2, 0.25) is 0 Å². The van der Waals surface area contributed by atoms with E-state index < -0.39 is 28.5 Å². The van der Waals surface area contributed by atoms with Crippen LogP contribution in [0.5, 0.6) is 11.5 Å². The molecule has 0 aromatic heterocycles.